The van der Waals surface area contributed by atoms with Crippen molar-refractivity contribution in [1.29, 1.82) is 5.41 Å². The summed E-state index contributed by atoms with van der Waals surface area (Å²) in [4.78, 5) is 0. The molecule has 66 valence electrons. The number of alkyl halides is 3. The molecule has 0 rings (SSSR count). The van der Waals surface area contributed by atoms with E-state index in [4.69, 9.17) is 16.2 Å². The quantitative estimate of drug-likeness (QED) is 0.437. The van der Waals surface area contributed by atoms with Crippen LogP contribution in [-0.2, 0) is 0 Å². The highest BCUT2D eigenvalue weighted by molar-refractivity contribution is 8.13. The van der Waals surface area contributed by atoms with Gasteiger partial charge in [0, 0.05) is 5.75 Å². The third-order valence-corrected chi connectivity index (χ3v) is 1.57. The second kappa shape index (κ2) is 3.82. The van der Waals surface area contributed by atoms with Crippen molar-refractivity contribution in [2.45, 2.75) is 12.3 Å². The van der Waals surface area contributed by atoms with Crippen molar-refractivity contribution in [2.24, 2.45) is 5.73 Å². The van der Waals surface area contributed by atoms with Gasteiger partial charge in [-0.25, -0.2) is 0 Å². The molecule has 0 aromatic heterocycles. The maximum atomic E-state index is 11.5. The maximum Gasteiger partial charge on any atom is 0.415 e. The molecule has 0 radical (unpaired) electrons. The Morgan fingerprint density at radius 2 is 2.09 bits per heavy atom. The van der Waals surface area contributed by atoms with Gasteiger partial charge in [0.25, 0.3) is 0 Å². The molecule has 0 heterocycles. The Morgan fingerprint density at radius 1 is 1.64 bits per heavy atom. The minimum absolute atomic E-state index is 0.437. The number of halogens is 3. The van der Waals surface area contributed by atoms with Gasteiger partial charge >= 0.3 is 6.18 Å². The zero-order chi connectivity index (χ0) is 9.07. The summed E-state index contributed by atoms with van der Waals surface area (Å²) in [6.45, 7) is 0. The van der Waals surface area contributed by atoms with E-state index in [9.17, 15) is 13.2 Å². The lowest BCUT2D eigenvalue weighted by Crippen LogP contribution is -2.31. The molecular formula is C4H7F3N2OS. The first kappa shape index (κ1) is 10.6. The number of hydrogen-bond donors (Lipinski definition) is 3. The molecule has 3 nitrogen and oxygen atoms in total. The van der Waals surface area contributed by atoms with Crippen molar-refractivity contribution in [3.8, 4) is 0 Å². The Morgan fingerprint density at radius 3 is 2.36 bits per heavy atom. The van der Waals surface area contributed by atoms with Crippen LogP contribution in [0, 0.1) is 5.41 Å². The molecule has 0 fully saturated rings. The van der Waals surface area contributed by atoms with Gasteiger partial charge in [0.15, 0.2) is 11.3 Å². The summed E-state index contributed by atoms with van der Waals surface area (Å²) in [7, 11) is 0. The van der Waals surface area contributed by atoms with E-state index in [0.29, 0.717) is 11.8 Å². The van der Waals surface area contributed by atoms with Gasteiger partial charge in [-0.1, -0.05) is 11.8 Å². The van der Waals surface area contributed by atoms with Gasteiger partial charge < -0.3 is 10.8 Å². The van der Waals surface area contributed by atoms with Crippen molar-refractivity contribution in [3.63, 3.8) is 0 Å². The number of nitrogens with one attached hydrogen (secondary N) is 1. The Labute approximate surface area is 65.3 Å². The van der Waals surface area contributed by atoms with E-state index in [1.807, 2.05) is 0 Å². The summed E-state index contributed by atoms with van der Waals surface area (Å²) in [5.41, 5.74) is 4.75. The molecule has 0 saturated carbocycles. The summed E-state index contributed by atoms with van der Waals surface area (Å²) >= 11 is 0.457. The molecule has 0 aliphatic rings. The first-order chi connectivity index (χ1) is 4.84. The Hall–Kier alpha value is -0.430. The molecule has 0 bridgehead atoms. The third-order valence-electron chi connectivity index (χ3n) is 0.775. The first-order valence-electron chi connectivity index (χ1n) is 2.55. The van der Waals surface area contributed by atoms with Crippen LogP contribution in [0.25, 0.3) is 0 Å². The topological polar surface area (TPSA) is 70.1 Å². The van der Waals surface area contributed by atoms with Crippen LogP contribution in [0.3, 0.4) is 0 Å². The summed E-state index contributed by atoms with van der Waals surface area (Å²) in [6.07, 6.45) is -7.03. The van der Waals surface area contributed by atoms with Crippen molar-refractivity contribution < 1.29 is 18.3 Å². The number of rotatable bonds is 2. The fourth-order valence-corrected chi connectivity index (χ4v) is 0.790. The van der Waals surface area contributed by atoms with E-state index < -0.39 is 23.2 Å². The summed E-state index contributed by atoms with van der Waals surface area (Å²) in [5.74, 6) is -0.626. The number of thioether (sulfide) groups is 1. The number of aliphatic hydroxyl groups is 1. The third kappa shape index (κ3) is 4.91. The number of aliphatic hydroxyl groups excluding tert-OH is 1. The van der Waals surface area contributed by atoms with Gasteiger partial charge in [-0.15, -0.1) is 0 Å². The highest BCUT2D eigenvalue weighted by Crippen LogP contribution is 2.22. The number of hydrogen-bond acceptors (Lipinski definition) is 3. The van der Waals surface area contributed by atoms with E-state index in [1.165, 1.54) is 0 Å². The molecular weight excluding hydrogens is 181 g/mol. The van der Waals surface area contributed by atoms with Crippen LogP contribution in [0.4, 0.5) is 13.2 Å². The van der Waals surface area contributed by atoms with Crippen molar-refractivity contribution in [3.05, 3.63) is 0 Å². The minimum atomic E-state index is -4.62. The zero-order valence-corrected chi connectivity index (χ0v) is 6.17. The highest BCUT2D eigenvalue weighted by atomic mass is 32.2. The molecule has 0 spiro atoms. The van der Waals surface area contributed by atoms with Gasteiger partial charge in [0.1, 0.15) is 0 Å². The average molecular weight is 188 g/mol. The summed E-state index contributed by atoms with van der Waals surface area (Å²) in [5, 5.41) is 14.5. The van der Waals surface area contributed by atoms with Gasteiger partial charge in [-0.3, -0.25) is 5.41 Å². The lowest BCUT2D eigenvalue weighted by molar-refractivity contribution is -0.195. The van der Waals surface area contributed by atoms with Crippen LogP contribution in [0.5, 0.6) is 0 Å². The second-order valence-corrected chi connectivity index (χ2v) is 2.79. The van der Waals surface area contributed by atoms with E-state index in [2.05, 4.69) is 0 Å². The molecule has 0 amide bonds. The van der Waals surface area contributed by atoms with Crippen molar-refractivity contribution in [1.82, 2.24) is 0 Å². The first-order valence-corrected chi connectivity index (χ1v) is 3.54. The lowest BCUT2D eigenvalue weighted by atomic mass is 10.4. The van der Waals surface area contributed by atoms with E-state index in [-0.39, 0.29) is 0 Å². The molecule has 4 N–H and O–H groups in total. The fraction of sp³-hybridized carbons (Fsp3) is 0.750. The zero-order valence-electron chi connectivity index (χ0n) is 5.35. The Balaban J connectivity index is 3.70. The molecule has 0 aliphatic heterocycles. The van der Waals surface area contributed by atoms with E-state index in [0.717, 1.165) is 0 Å². The molecule has 7 heteroatoms. The number of nitrogens with two attached hydrogens (primary N) is 1. The van der Waals surface area contributed by atoms with Gasteiger partial charge in [-0.05, 0) is 0 Å². The SMILES string of the molecule is N=C(N)SCC(O)C(F)(F)F. The van der Waals surface area contributed by atoms with Crippen LogP contribution < -0.4 is 5.73 Å². The highest BCUT2D eigenvalue weighted by Gasteiger charge is 2.37. The molecule has 0 saturated heterocycles. The van der Waals surface area contributed by atoms with E-state index in [1.54, 1.807) is 0 Å². The van der Waals surface area contributed by atoms with Gasteiger partial charge in [0.05, 0.1) is 0 Å². The van der Waals surface area contributed by atoms with Crippen LogP contribution in [0.1, 0.15) is 0 Å². The predicted molar refractivity (Wildman–Crippen MR) is 36.4 cm³/mol. The van der Waals surface area contributed by atoms with Gasteiger partial charge in [0.2, 0.25) is 0 Å². The fourth-order valence-electron chi connectivity index (χ4n) is 0.263. The Kier molecular flexibility index (Phi) is 3.67. The average Bonchev–Trinajstić information content (AvgIpc) is 1.80. The summed E-state index contributed by atoms with van der Waals surface area (Å²) < 4.78 is 34.6. The van der Waals surface area contributed by atoms with Crippen LogP contribution in [0.2, 0.25) is 0 Å². The molecule has 1 atom stereocenters. The smallest absolute Gasteiger partial charge is 0.383 e. The monoisotopic (exact) mass is 188 g/mol. The normalized spacial score (nSPS) is 14.5. The predicted octanol–water partition coefficient (Wildman–Crippen LogP) is 0.536. The molecule has 11 heavy (non-hydrogen) atoms. The van der Waals surface area contributed by atoms with Gasteiger partial charge in [-0.2, -0.15) is 13.2 Å². The second-order valence-electron chi connectivity index (χ2n) is 1.73. The number of amidine groups is 1. The standard InChI is InChI=1S/C4H7F3N2OS/c5-4(6,7)2(10)1-11-3(8)9/h2,10H,1H2,(H3,8,9). The molecule has 1 unspecified atom stereocenters. The van der Waals surface area contributed by atoms with Crippen LogP contribution in [-0.4, -0.2) is 28.3 Å². The molecule has 0 aliphatic carbocycles. The minimum Gasteiger partial charge on any atom is -0.383 e. The lowest BCUT2D eigenvalue weighted by Gasteiger charge is -2.12. The summed E-state index contributed by atoms with van der Waals surface area (Å²) in [6, 6.07) is 0. The maximum absolute atomic E-state index is 11.5. The van der Waals surface area contributed by atoms with Crippen molar-refractivity contribution in [2.75, 3.05) is 5.75 Å². The molecule has 0 aromatic rings. The largest absolute Gasteiger partial charge is 0.415 e. The van der Waals surface area contributed by atoms with Crippen LogP contribution in [0.15, 0.2) is 0 Å². The Bertz CT molecular complexity index is 149. The van der Waals surface area contributed by atoms with Crippen molar-refractivity contribution >= 4 is 16.9 Å². The van der Waals surface area contributed by atoms with E-state index >= 15 is 0 Å². The molecule has 0 aromatic carbocycles. The van der Waals surface area contributed by atoms with Crippen LogP contribution >= 0.6 is 11.8 Å².